The van der Waals surface area contributed by atoms with E-state index in [1.165, 1.54) is 19.3 Å². The molecule has 1 atom stereocenters. The van der Waals surface area contributed by atoms with E-state index in [9.17, 15) is 4.79 Å². The summed E-state index contributed by atoms with van der Waals surface area (Å²) in [4.78, 5) is 19.2. The number of para-hydroxylation sites is 2. The molecule has 1 aliphatic rings. The summed E-state index contributed by atoms with van der Waals surface area (Å²) in [5.41, 5.74) is 2.14. The van der Waals surface area contributed by atoms with Crippen LogP contribution in [-0.4, -0.2) is 30.6 Å². The van der Waals surface area contributed by atoms with Crippen molar-refractivity contribution >= 4 is 17.3 Å². The molecular weight excluding hydrogens is 314 g/mol. The lowest BCUT2D eigenvalue weighted by atomic mass is 9.99. The predicted molar refractivity (Wildman–Crippen MR) is 100 cm³/mol. The van der Waals surface area contributed by atoms with Gasteiger partial charge in [0.2, 0.25) is 0 Å². The van der Waals surface area contributed by atoms with Crippen molar-refractivity contribution < 1.29 is 9.53 Å². The van der Waals surface area contributed by atoms with Crippen LogP contribution >= 0.6 is 0 Å². The second-order valence-electron chi connectivity index (χ2n) is 6.31. The Morgan fingerprint density at radius 3 is 2.84 bits per heavy atom. The minimum atomic E-state index is -0.235. The van der Waals surface area contributed by atoms with Crippen LogP contribution in [0.25, 0.3) is 0 Å². The van der Waals surface area contributed by atoms with Gasteiger partial charge in [-0.25, -0.2) is 4.98 Å². The Hall–Kier alpha value is -2.56. The zero-order valence-corrected chi connectivity index (χ0v) is 14.9. The smallest absolute Gasteiger partial charge is 0.274 e. The number of benzene rings is 1. The second-order valence-corrected chi connectivity index (χ2v) is 6.31. The van der Waals surface area contributed by atoms with E-state index in [1.54, 1.807) is 13.2 Å². The van der Waals surface area contributed by atoms with Gasteiger partial charge < -0.3 is 15.0 Å². The standard InChI is InChI=1S/C20H25N3O2/c1-3-15-8-6-7-13-23(15)16-11-12-18(21-14-16)20(24)22-17-9-4-5-10-19(17)25-2/h4-5,9-12,14-15H,3,6-8,13H2,1-2H3,(H,22,24). The zero-order valence-electron chi connectivity index (χ0n) is 14.9. The predicted octanol–water partition coefficient (Wildman–Crippen LogP) is 4.11. The van der Waals surface area contributed by atoms with Crippen LogP contribution in [0.2, 0.25) is 0 Å². The van der Waals surface area contributed by atoms with E-state index in [1.807, 2.05) is 36.5 Å². The van der Waals surface area contributed by atoms with Crippen molar-refractivity contribution in [1.82, 2.24) is 4.98 Å². The number of piperidine rings is 1. The topological polar surface area (TPSA) is 54.5 Å². The van der Waals surface area contributed by atoms with Crippen LogP contribution in [0.4, 0.5) is 11.4 Å². The number of aromatic nitrogens is 1. The quantitative estimate of drug-likeness (QED) is 0.890. The van der Waals surface area contributed by atoms with E-state index >= 15 is 0 Å². The number of ether oxygens (including phenoxy) is 1. The van der Waals surface area contributed by atoms with Crippen molar-refractivity contribution in [3.63, 3.8) is 0 Å². The fourth-order valence-electron chi connectivity index (χ4n) is 3.39. The highest BCUT2D eigenvalue weighted by molar-refractivity contribution is 6.03. The van der Waals surface area contributed by atoms with Gasteiger partial charge in [0.25, 0.3) is 5.91 Å². The van der Waals surface area contributed by atoms with Crippen molar-refractivity contribution in [1.29, 1.82) is 0 Å². The lowest BCUT2D eigenvalue weighted by Gasteiger charge is -2.37. The summed E-state index contributed by atoms with van der Waals surface area (Å²) in [6.07, 6.45) is 6.68. The van der Waals surface area contributed by atoms with Crippen molar-refractivity contribution in [2.75, 3.05) is 23.9 Å². The van der Waals surface area contributed by atoms with Crippen LogP contribution in [0.5, 0.6) is 5.75 Å². The summed E-state index contributed by atoms with van der Waals surface area (Å²) in [6.45, 7) is 3.29. The number of carbonyl (C=O) groups excluding carboxylic acids is 1. The summed E-state index contributed by atoms with van der Waals surface area (Å²) in [7, 11) is 1.58. The molecule has 5 heteroatoms. The third kappa shape index (κ3) is 3.92. The molecule has 1 aromatic carbocycles. The summed E-state index contributed by atoms with van der Waals surface area (Å²) in [6, 6.07) is 11.7. The number of rotatable bonds is 5. The largest absolute Gasteiger partial charge is 0.495 e. The molecular formula is C20H25N3O2. The van der Waals surface area contributed by atoms with Gasteiger partial charge in [-0.1, -0.05) is 19.1 Å². The van der Waals surface area contributed by atoms with Crippen molar-refractivity contribution in [2.45, 2.75) is 38.6 Å². The Bertz CT molecular complexity index is 715. The van der Waals surface area contributed by atoms with Crippen molar-refractivity contribution in [3.05, 3.63) is 48.3 Å². The molecule has 0 saturated carbocycles. The number of hydrogen-bond acceptors (Lipinski definition) is 4. The minimum Gasteiger partial charge on any atom is -0.495 e. The molecule has 0 radical (unpaired) electrons. The fraction of sp³-hybridized carbons (Fsp3) is 0.400. The van der Waals surface area contributed by atoms with Crippen molar-refractivity contribution in [3.8, 4) is 5.75 Å². The molecule has 0 bridgehead atoms. The summed E-state index contributed by atoms with van der Waals surface area (Å²) >= 11 is 0. The molecule has 1 fully saturated rings. The molecule has 132 valence electrons. The van der Waals surface area contributed by atoms with Crippen molar-refractivity contribution in [2.24, 2.45) is 0 Å². The highest BCUT2D eigenvalue weighted by atomic mass is 16.5. The molecule has 1 aliphatic heterocycles. The Balaban J connectivity index is 1.72. The summed E-state index contributed by atoms with van der Waals surface area (Å²) < 4.78 is 5.26. The summed E-state index contributed by atoms with van der Waals surface area (Å²) in [5.74, 6) is 0.397. The van der Waals surface area contributed by atoms with E-state index in [4.69, 9.17) is 4.74 Å². The first kappa shape index (κ1) is 17.3. The number of hydrogen-bond donors (Lipinski definition) is 1. The molecule has 3 rings (SSSR count). The van der Waals surface area contributed by atoms with Crippen LogP contribution < -0.4 is 15.0 Å². The van der Waals surface area contributed by atoms with Crippen LogP contribution in [0.3, 0.4) is 0 Å². The first-order chi connectivity index (χ1) is 12.2. The second kappa shape index (κ2) is 8.01. The molecule has 2 heterocycles. The Morgan fingerprint density at radius 2 is 2.12 bits per heavy atom. The lowest BCUT2D eigenvalue weighted by Crippen LogP contribution is -2.39. The maximum absolute atomic E-state index is 12.4. The molecule has 0 aliphatic carbocycles. The monoisotopic (exact) mass is 339 g/mol. The number of carbonyl (C=O) groups is 1. The molecule has 1 saturated heterocycles. The average molecular weight is 339 g/mol. The number of nitrogens with one attached hydrogen (secondary N) is 1. The van der Waals surface area contributed by atoms with Gasteiger partial charge in [-0.2, -0.15) is 0 Å². The molecule has 1 N–H and O–H groups in total. The molecule has 2 aromatic rings. The Morgan fingerprint density at radius 1 is 1.28 bits per heavy atom. The van der Waals surface area contributed by atoms with E-state index in [0.717, 1.165) is 18.7 Å². The van der Waals surface area contributed by atoms with Crippen LogP contribution in [-0.2, 0) is 0 Å². The van der Waals surface area contributed by atoms with Gasteiger partial charge in [0.1, 0.15) is 11.4 Å². The number of methoxy groups -OCH3 is 1. The number of nitrogens with zero attached hydrogens (tertiary/aromatic N) is 2. The number of amides is 1. The van der Waals surface area contributed by atoms with Gasteiger partial charge in [0, 0.05) is 12.6 Å². The molecule has 1 aromatic heterocycles. The van der Waals surface area contributed by atoms with E-state index < -0.39 is 0 Å². The lowest BCUT2D eigenvalue weighted by molar-refractivity contribution is 0.102. The first-order valence-corrected chi connectivity index (χ1v) is 8.90. The first-order valence-electron chi connectivity index (χ1n) is 8.90. The molecule has 1 amide bonds. The van der Waals surface area contributed by atoms with Gasteiger partial charge in [-0.15, -0.1) is 0 Å². The maximum atomic E-state index is 12.4. The molecule has 5 nitrogen and oxygen atoms in total. The van der Waals surface area contributed by atoms with Crippen LogP contribution in [0, 0.1) is 0 Å². The third-order valence-electron chi connectivity index (χ3n) is 4.77. The average Bonchev–Trinajstić information content (AvgIpc) is 2.68. The highest BCUT2D eigenvalue weighted by Gasteiger charge is 2.21. The van der Waals surface area contributed by atoms with Crippen LogP contribution in [0.1, 0.15) is 43.1 Å². The molecule has 25 heavy (non-hydrogen) atoms. The Kier molecular flexibility index (Phi) is 5.53. The normalized spacial score (nSPS) is 17.2. The third-order valence-corrected chi connectivity index (χ3v) is 4.77. The zero-order chi connectivity index (χ0) is 17.6. The van der Waals surface area contributed by atoms with Gasteiger partial charge in [-0.3, -0.25) is 4.79 Å². The van der Waals surface area contributed by atoms with Crippen LogP contribution in [0.15, 0.2) is 42.6 Å². The summed E-state index contributed by atoms with van der Waals surface area (Å²) in [5, 5.41) is 2.86. The van der Waals surface area contributed by atoms with Gasteiger partial charge in [0.05, 0.1) is 24.7 Å². The van der Waals surface area contributed by atoms with Gasteiger partial charge in [-0.05, 0) is 49.9 Å². The maximum Gasteiger partial charge on any atom is 0.274 e. The van der Waals surface area contributed by atoms with Gasteiger partial charge >= 0.3 is 0 Å². The molecule has 1 unspecified atom stereocenters. The van der Waals surface area contributed by atoms with E-state index in [0.29, 0.717) is 23.2 Å². The van der Waals surface area contributed by atoms with E-state index in [2.05, 4.69) is 22.1 Å². The van der Waals surface area contributed by atoms with E-state index in [-0.39, 0.29) is 5.91 Å². The Labute approximate surface area is 149 Å². The SMILES string of the molecule is CCC1CCCCN1c1ccc(C(=O)Nc2ccccc2OC)nc1. The highest BCUT2D eigenvalue weighted by Crippen LogP contribution is 2.27. The number of pyridine rings is 1. The number of anilines is 2. The molecule has 0 spiro atoms. The minimum absolute atomic E-state index is 0.235. The fourth-order valence-corrected chi connectivity index (χ4v) is 3.39. The van der Waals surface area contributed by atoms with Gasteiger partial charge in [0.15, 0.2) is 0 Å².